The molecule has 0 fully saturated rings. The van der Waals surface area contributed by atoms with Crippen molar-refractivity contribution in [3.8, 4) is 0 Å². The maximum Gasteiger partial charge on any atom is 0.200 e. The molecular formula is C32H26N2O2. The Labute approximate surface area is 209 Å². The summed E-state index contributed by atoms with van der Waals surface area (Å²) in [4.78, 5) is 15.7. The fourth-order valence-corrected chi connectivity index (χ4v) is 6.26. The van der Waals surface area contributed by atoms with Gasteiger partial charge in [-0.05, 0) is 54.5 Å². The number of hydrogen-bond acceptors (Lipinski definition) is 3. The number of rotatable bonds is 4. The number of carbonyl (C=O) groups excluding carboxylic acids is 1. The standard InChI is InChI=1S/C32H26N2O2/c1-3-33-25-15-7-11-19-9-5-13-21(29(19)25)27(33)17-23-31(35)24(32(23)36)18-28-22-14-6-10-20-12-8-16-26(30(20)22)34(28)4-2/h5-18,27,35H,3-4H2,1-2H3. The van der Waals surface area contributed by atoms with Gasteiger partial charge in [-0.25, -0.2) is 0 Å². The highest BCUT2D eigenvalue weighted by molar-refractivity contribution is 6.24. The third kappa shape index (κ3) is 2.67. The Morgan fingerprint density at radius 3 is 2.28 bits per heavy atom. The van der Waals surface area contributed by atoms with E-state index in [2.05, 4.69) is 90.0 Å². The highest BCUT2D eigenvalue weighted by Gasteiger charge is 2.36. The summed E-state index contributed by atoms with van der Waals surface area (Å²) in [6, 6.07) is 25.2. The molecule has 0 spiro atoms. The first-order valence-corrected chi connectivity index (χ1v) is 12.6. The minimum Gasteiger partial charge on any atom is -0.506 e. The number of likely N-dealkylation sites (N-methyl/N-ethyl adjacent to an activating group) is 1. The topological polar surface area (TPSA) is 45.5 Å². The second-order valence-electron chi connectivity index (χ2n) is 9.58. The summed E-state index contributed by atoms with van der Waals surface area (Å²) in [7, 11) is 0. The zero-order chi connectivity index (χ0) is 24.6. The predicted molar refractivity (Wildman–Crippen MR) is 147 cm³/mol. The Bertz CT molecular complexity index is 1840. The predicted octanol–water partition coefficient (Wildman–Crippen LogP) is 6.37. The van der Waals surface area contributed by atoms with Gasteiger partial charge in [-0.1, -0.05) is 60.7 Å². The van der Waals surface area contributed by atoms with Crippen molar-refractivity contribution in [1.29, 1.82) is 0 Å². The van der Waals surface area contributed by atoms with Gasteiger partial charge in [0.2, 0.25) is 0 Å². The molecule has 2 heterocycles. The molecule has 2 aliphatic rings. The Morgan fingerprint density at radius 2 is 1.56 bits per heavy atom. The summed E-state index contributed by atoms with van der Waals surface area (Å²) in [5.41, 5.74) is 4.30. The van der Waals surface area contributed by atoms with Gasteiger partial charge in [0, 0.05) is 45.8 Å². The molecule has 0 saturated carbocycles. The molecular weight excluding hydrogens is 444 g/mol. The number of anilines is 1. The highest BCUT2D eigenvalue weighted by Crippen LogP contribution is 2.46. The summed E-state index contributed by atoms with van der Waals surface area (Å²) in [5.74, 6) is -0.00997. The van der Waals surface area contributed by atoms with Crippen molar-refractivity contribution in [2.45, 2.75) is 26.4 Å². The molecule has 0 bridgehead atoms. The molecule has 4 heteroatoms. The SMILES string of the molecule is CCN1c2cccc3cccc(c23)C1C=C1C(=O)C(C=c2c3cccc4cccc(c43)n2CC)=C1O. The zero-order valence-corrected chi connectivity index (χ0v) is 20.3. The minimum atomic E-state index is -0.0987. The second kappa shape index (κ2) is 7.59. The van der Waals surface area contributed by atoms with E-state index in [9.17, 15) is 9.90 Å². The van der Waals surface area contributed by atoms with Crippen LogP contribution in [0.3, 0.4) is 0 Å². The largest absolute Gasteiger partial charge is 0.506 e. The van der Waals surface area contributed by atoms with Crippen LogP contribution in [0.15, 0.2) is 95.8 Å². The van der Waals surface area contributed by atoms with Gasteiger partial charge in [-0.3, -0.25) is 4.79 Å². The summed E-state index contributed by atoms with van der Waals surface area (Å²) in [5, 5.41) is 18.0. The lowest BCUT2D eigenvalue weighted by atomic mass is 9.85. The van der Waals surface area contributed by atoms with E-state index >= 15 is 0 Å². The summed E-state index contributed by atoms with van der Waals surface area (Å²) >= 11 is 0. The first kappa shape index (κ1) is 21.0. The first-order chi connectivity index (χ1) is 17.6. The van der Waals surface area contributed by atoms with Gasteiger partial charge < -0.3 is 14.6 Å². The molecule has 4 nitrogen and oxygen atoms in total. The lowest BCUT2D eigenvalue weighted by Crippen LogP contribution is -2.28. The van der Waals surface area contributed by atoms with Crippen LogP contribution in [0.2, 0.25) is 0 Å². The number of aliphatic hydroxyl groups is 1. The van der Waals surface area contributed by atoms with E-state index in [1.165, 1.54) is 32.8 Å². The van der Waals surface area contributed by atoms with E-state index in [0.29, 0.717) is 11.1 Å². The number of nitrogens with zero attached hydrogens (tertiary/aromatic N) is 2. The molecule has 0 saturated heterocycles. The van der Waals surface area contributed by atoms with Gasteiger partial charge in [0.15, 0.2) is 5.78 Å². The van der Waals surface area contributed by atoms with Crippen LogP contribution in [0.4, 0.5) is 5.69 Å². The third-order valence-corrected chi connectivity index (χ3v) is 7.88. The van der Waals surface area contributed by atoms with E-state index in [-0.39, 0.29) is 17.6 Å². The van der Waals surface area contributed by atoms with Crippen molar-refractivity contribution in [3.05, 3.63) is 107 Å². The van der Waals surface area contributed by atoms with Crippen molar-refractivity contribution < 1.29 is 9.90 Å². The Balaban J connectivity index is 1.38. The number of Topliss-reactive ketones (excluding diaryl/α,β-unsaturated/α-hetero) is 1. The zero-order valence-electron chi connectivity index (χ0n) is 20.3. The molecule has 1 N–H and O–H groups in total. The maximum absolute atomic E-state index is 13.4. The lowest BCUT2D eigenvalue weighted by Gasteiger charge is -2.27. The molecule has 1 aliphatic heterocycles. The number of benzene rings is 4. The molecule has 1 atom stereocenters. The number of aliphatic hydroxyl groups excluding tert-OH is 1. The van der Waals surface area contributed by atoms with Crippen LogP contribution in [0.1, 0.15) is 25.5 Å². The fraction of sp³-hybridized carbons (Fsp3) is 0.156. The monoisotopic (exact) mass is 470 g/mol. The number of aromatic nitrogens is 1. The van der Waals surface area contributed by atoms with E-state index < -0.39 is 0 Å². The molecule has 1 unspecified atom stereocenters. The van der Waals surface area contributed by atoms with Crippen LogP contribution in [0, 0.1) is 0 Å². The van der Waals surface area contributed by atoms with E-state index in [4.69, 9.17) is 0 Å². The van der Waals surface area contributed by atoms with Crippen LogP contribution in [0.25, 0.3) is 38.5 Å². The summed E-state index contributed by atoms with van der Waals surface area (Å²) < 4.78 is 2.22. The smallest absolute Gasteiger partial charge is 0.200 e. The van der Waals surface area contributed by atoms with Crippen molar-refractivity contribution in [2.75, 3.05) is 11.4 Å². The van der Waals surface area contributed by atoms with Crippen LogP contribution in [-0.2, 0) is 11.3 Å². The van der Waals surface area contributed by atoms with E-state index in [0.717, 1.165) is 29.3 Å². The number of allylic oxidation sites excluding steroid dienone is 2. The highest BCUT2D eigenvalue weighted by atomic mass is 16.3. The summed E-state index contributed by atoms with van der Waals surface area (Å²) in [6.07, 6.45) is 3.81. The molecule has 1 aromatic heterocycles. The van der Waals surface area contributed by atoms with Gasteiger partial charge in [0.25, 0.3) is 0 Å². The Hall–Kier alpha value is -4.31. The number of carbonyl (C=O) groups is 1. The van der Waals surface area contributed by atoms with Crippen LogP contribution < -0.4 is 10.2 Å². The average molecular weight is 471 g/mol. The van der Waals surface area contributed by atoms with Crippen molar-refractivity contribution in [2.24, 2.45) is 0 Å². The normalized spacial score (nSPS) is 19.0. The molecule has 5 aromatic rings. The molecule has 176 valence electrons. The van der Waals surface area contributed by atoms with Crippen LogP contribution in [0.5, 0.6) is 0 Å². The quantitative estimate of drug-likeness (QED) is 0.311. The third-order valence-electron chi connectivity index (χ3n) is 7.88. The van der Waals surface area contributed by atoms with Gasteiger partial charge in [0.05, 0.1) is 17.2 Å². The van der Waals surface area contributed by atoms with E-state index in [1.54, 1.807) is 0 Å². The molecule has 7 rings (SSSR count). The van der Waals surface area contributed by atoms with Gasteiger partial charge in [-0.15, -0.1) is 0 Å². The van der Waals surface area contributed by atoms with Gasteiger partial charge >= 0.3 is 0 Å². The van der Waals surface area contributed by atoms with Crippen LogP contribution >= 0.6 is 0 Å². The van der Waals surface area contributed by atoms with Crippen molar-refractivity contribution in [1.82, 2.24) is 4.57 Å². The molecule has 1 aliphatic carbocycles. The molecule has 36 heavy (non-hydrogen) atoms. The fourth-order valence-electron chi connectivity index (χ4n) is 6.26. The molecule has 0 radical (unpaired) electrons. The summed E-state index contributed by atoms with van der Waals surface area (Å²) in [6.45, 7) is 5.83. The van der Waals surface area contributed by atoms with E-state index in [1.807, 2.05) is 18.2 Å². The second-order valence-corrected chi connectivity index (χ2v) is 9.58. The molecule has 4 aromatic carbocycles. The number of aryl methyl sites for hydroxylation is 1. The maximum atomic E-state index is 13.4. The van der Waals surface area contributed by atoms with Crippen molar-refractivity contribution in [3.63, 3.8) is 0 Å². The number of hydrogen-bond donors (Lipinski definition) is 1. The van der Waals surface area contributed by atoms with Crippen LogP contribution in [-0.4, -0.2) is 22.0 Å². The molecule has 0 amide bonds. The van der Waals surface area contributed by atoms with Gasteiger partial charge in [-0.2, -0.15) is 0 Å². The Morgan fingerprint density at radius 1 is 0.861 bits per heavy atom. The number of ketones is 1. The first-order valence-electron chi connectivity index (χ1n) is 12.6. The Kier molecular flexibility index (Phi) is 4.43. The average Bonchev–Trinajstić information content (AvgIpc) is 3.40. The lowest BCUT2D eigenvalue weighted by molar-refractivity contribution is -0.113. The van der Waals surface area contributed by atoms with Crippen molar-refractivity contribution >= 4 is 50.0 Å². The van der Waals surface area contributed by atoms with Gasteiger partial charge in [0.1, 0.15) is 5.76 Å². The minimum absolute atomic E-state index is 0.0805.